The standard InChI is InChI=1S/C10H20N2O2/c1-10(5-3-7-14-10)8-12-9(13)4-6-11-2/h11H,3-8H2,1-2H3,(H,12,13). The monoisotopic (exact) mass is 200 g/mol. The number of amides is 1. The van der Waals surface area contributed by atoms with Gasteiger partial charge >= 0.3 is 0 Å². The van der Waals surface area contributed by atoms with Gasteiger partial charge in [-0.05, 0) is 26.8 Å². The van der Waals surface area contributed by atoms with Crippen molar-refractivity contribution < 1.29 is 9.53 Å². The summed E-state index contributed by atoms with van der Waals surface area (Å²) in [6.07, 6.45) is 2.68. The van der Waals surface area contributed by atoms with Crippen LogP contribution in [0.2, 0.25) is 0 Å². The lowest BCUT2D eigenvalue weighted by molar-refractivity contribution is -0.122. The average molecular weight is 200 g/mol. The minimum atomic E-state index is -0.130. The molecule has 0 aromatic carbocycles. The van der Waals surface area contributed by atoms with Crippen LogP contribution in [0.5, 0.6) is 0 Å². The lowest BCUT2D eigenvalue weighted by atomic mass is 10.0. The lowest BCUT2D eigenvalue weighted by Crippen LogP contribution is -2.40. The molecule has 1 saturated heterocycles. The fourth-order valence-corrected chi connectivity index (χ4v) is 1.59. The van der Waals surface area contributed by atoms with Gasteiger partial charge in [0.2, 0.25) is 5.91 Å². The van der Waals surface area contributed by atoms with Crippen molar-refractivity contribution in [2.24, 2.45) is 0 Å². The van der Waals surface area contributed by atoms with Crippen molar-refractivity contribution in [3.05, 3.63) is 0 Å². The zero-order valence-corrected chi connectivity index (χ0v) is 9.06. The van der Waals surface area contributed by atoms with Crippen LogP contribution in [0.4, 0.5) is 0 Å². The molecule has 0 radical (unpaired) electrons. The number of nitrogens with one attached hydrogen (secondary N) is 2. The van der Waals surface area contributed by atoms with Gasteiger partial charge in [-0.3, -0.25) is 4.79 Å². The predicted molar refractivity (Wildman–Crippen MR) is 55.1 cm³/mol. The maximum atomic E-state index is 11.3. The fourth-order valence-electron chi connectivity index (χ4n) is 1.59. The third kappa shape index (κ3) is 3.64. The molecule has 1 fully saturated rings. The molecule has 1 atom stereocenters. The van der Waals surface area contributed by atoms with Crippen LogP contribution < -0.4 is 10.6 Å². The van der Waals surface area contributed by atoms with Crippen molar-refractivity contribution in [3.8, 4) is 0 Å². The van der Waals surface area contributed by atoms with Crippen molar-refractivity contribution in [2.45, 2.75) is 31.8 Å². The van der Waals surface area contributed by atoms with Crippen molar-refractivity contribution >= 4 is 5.91 Å². The SMILES string of the molecule is CNCCC(=O)NCC1(C)CCCO1. The van der Waals surface area contributed by atoms with Crippen molar-refractivity contribution in [1.82, 2.24) is 10.6 Å². The van der Waals surface area contributed by atoms with Gasteiger partial charge in [0.1, 0.15) is 0 Å². The zero-order chi connectivity index (χ0) is 10.4. The maximum absolute atomic E-state index is 11.3. The number of hydrogen-bond acceptors (Lipinski definition) is 3. The largest absolute Gasteiger partial charge is 0.373 e. The van der Waals surface area contributed by atoms with E-state index in [-0.39, 0.29) is 11.5 Å². The molecule has 1 aliphatic heterocycles. The molecular formula is C10H20N2O2. The Morgan fingerprint density at radius 1 is 1.57 bits per heavy atom. The van der Waals surface area contributed by atoms with Gasteiger partial charge in [-0.25, -0.2) is 0 Å². The maximum Gasteiger partial charge on any atom is 0.221 e. The number of hydrogen-bond donors (Lipinski definition) is 2. The summed E-state index contributed by atoms with van der Waals surface area (Å²) < 4.78 is 5.56. The summed E-state index contributed by atoms with van der Waals surface area (Å²) in [5.74, 6) is 0.0936. The van der Waals surface area contributed by atoms with Crippen LogP contribution >= 0.6 is 0 Å². The molecule has 0 aliphatic carbocycles. The first-order valence-corrected chi connectivity index (χ1v) is 5.21. The van der Waals surface area contributed by atoms with E-state index in [4.69, 9.17) is 4.74 Å². The Hall–Kier alpha value is -0.610. The highest BCUT2D eigenvalue weighted by molar-refractivity contribution is 5.76. The first-order valence-electron chi connectivity index (χ1n) is 5.21. The van der Waals surface area contributed by atoms with Gasteiger partial charge in [0.25, 0.3) is 0 Å². The third-order valence-electron chi connectivity index (χ3n) is 2.56. The van der Waals surface area contributed by atoms with Crippen molar-refractivity contribution in [3.63, 3.8) is 0 Å². The Bertz CT molecular complexity index is 189. The summed E-state index contributed by atoms with van der Waals surface area (Å²) in [6, 6.07) is 0. The topological polar surface area (TPSA) is 50.4 Å². The Kier molecular flexibility index (Phi) is 4.35. The Labute approximate surface area is 85.4 Å². The van der Waals surface area contributed by atoms with E-state index in [1.165, 1.54) is 0 Å². The van der Waals surface area contributed by atoms with E-state index >= 15 is 0 Å². The van der Waals surface area contributed by atoms with Crippen LogP contribution in [0.3, 0.4) is 0 Å². The number of carbonyl (C=O) groups is 1. The summed E-state index contributed by atoms with van der Waals surface area (Å²) >= 11 is 0. The first-order chi connectivity index (χ1) is 6.66. The molecule has 0 saturated carbocycles. The molecule has 1 unspecified atom stereocenters. The molecule has 1 aliphatic rings. The molecule has 82 valence electrons. The van der Waals surface area contributed by atoms with Gasteiger partial charge in [0.05, 0.1) is 5.60 Å². The molecule has 4 nitrogen and oxygen atoms in total. The van der Waals surface area contributed by atoms with Crippen LogP contribution in [0.1, 0.15) is 26.2 Å². The zero-order valence-electron chi connectivity index (χ0n) is 9.06. The summed E-state index contributed by atoms with van der Waals surface area (Å²) in [5, 5.41) is 5.84. The van der Waals surface area contributed by atoms with Crippen LogP contribution in [0.25, 0.3) is 0 Å². The van der Waals surface area contributed by atoms with E-state index < -0.39 is 0 Å². The fraction of sp³-hybridized carbons (Fsp3) is 0.900. The van der Waals surface area contributed by atoms with Crippen LogP contribution in [-0.4, -0.2) is 38.3 Å². The van der Waals surface area contributed by atoms with Crippen molar-refractivity contribution in [2.75, 3.05) is 26.7 Å². The van der Waals surface area contributed by atoms with Gasteiger partial charge < -0.3 is 15.4 Å². The molecule has 4 heteroatoms. The molecule has 0 bridgehead atoms. The molecule has 0 spiro atoms. The molecule has 0 aromatic rings. The summed E-state index contributed by atoms with van der Waals surface area (Å²) in [6.45, 7) is 4.24. The van der Waals surface area contributed by atoms with E-state index in [9.17, 15) is 4.79 Å². The minimum absolute atomic E-state index is 0.0936. The van der Waals surface area contributed by atoms with Crippen LogP contribution in [0, 0.1) is 0 Å². The smallest absolute Gasteiger partial charge is 0.221 e. The summed E-state index contributed by atoms with van der Waals surface area (Å²) in [7, 11) is 1.84. The highest BCUT2D eigenvalue weighted by Gasteiger charge is 2.29. The third-order valence-corrected chi connectivity index (χ3v) is 2.56. The Balaban J connectivity index is 2.15. The van der Waals surface area contributed by atoms with Gasteiger partial charge in [-0.1, -0.05) is 0 Å². The van der Waals surface area contributed by atoms with Crippen molar-refractivity contribution in [1.29, 1.82) is 0 Å². The van der Waals surface area contributed by atoms with Crippen LogP contribution in [-0.2, 0) is 9.53 Å². The lowest BCUT2D eigenvalue weighted by Gasteiger charge is -2.23. The molecule has 1 amide bonds. The second-order valence-corrected chi connectivity index (χ2v) is 4.03. The van der Waals surface area contributed by atoms with Crippen LogP contribution in [0.15, 0.2) is 0 Å². The normalized spacial score (nSPS) is 26.4. The van der Waals surface area contributed by atoms with E-state index in [1.807, 2.05) is 7.05 Å². The Morgan fingerprint density at radius 2 is 2.36 bits per heavy atom. The summed E-state index contributed by atoms with van der Waals surface area (Å²) in [4.78, 5) is 11.3. The molecule has 1 rings (SSSR count). The molecule has 14 heavy (non-hydrogen) atoms. The average Bonchev–Trinajstić information content (AvgIpc) is 2.60. The van der Waals surface area contributed by atoms with Gasteiger partial charge in [0, 0.05) is 26.1 Å². The second kappa shape index (κ2) is 5.32. The van der Waals surface area contributed by atoms with Gasteiger partial charge in [0.15, 0.2) is 0 Å². The highest BCUT2D eigenvalue weighted by Crippen LogP contribution is 2.23. The van der Waals surface area contributed by atoms with Gasteiger partial charge in [-0.2, -0.15) is 0 Å². The predicted octanol–water partition coefficient (Wildman–Crippen LogP) is 0.281. The quantitative estimate of drug-likeness (QED) is 0.670. The van der Waals surface area contributed by atoms with E-state index in [0.717, 1.165) is 26.0 Å². The van der Waals surface area contributed by atoms with E-state index in [1.54, 1.807) is 0 Å². The number of rotatable bonds is 5. The summed E-state index contributed by atoms with van der Waals surface area (Å²) in [5.41, 5.74) is -0.130. The van der Waals surface area contributed by atoms with E-state index in [2.05, 4.69) is 17.6 Å². The number of carbonyl (C=O) groups excluding carboxylic acids is 1. The number of ether oxygens (including phenoxy) is 1. The molecular weight excluding hydrogens is 180 g/mol. The highest BCUT2D eigenvalue weighted by atomic mass is 16.5. The van der Waals surface area contributed by atoms with E-state index in [0.29, 0.717) is 13.0 Å². The molecule has 2 N–H and O–H groups in total. The van der Waals surface area contributed by atoms with Gasteiger partial charge in [-0.15, -0.1) is 0 Å². The Morgan fingerprint density at radius 3 is 2.93 bits per heavy atom. The first kappa shape index (κ1) is 11.5. The molecule has 1 heterocycles. The molecule has 0 aromatic heterocycles. The second-order valence-electron chi connectivity index (χ2n) is 4.03. The minimum Gasteiger partial charge on any atom is -0.373 e.